The smallest absolute Gasteiger partial charge is 0.305 e. The predicted octanol–water partition coefficient (Wildman–Crippen LogP) is 2.04. The summed E-state index contributed by atoms with van der Waals surface area (Å²) in [6.45, 7) is 0.368. The highest BCUT2D eigenvalue weighted by Gasteiger charge is 2.32. The average Bonchev–Trinajstić information content (AvgIpc) is 2.79. The van der Waals surface area contributed by atoms with Crippen LogP contribution in [0.2, 0.25) is 0 Å². The normalized spacial score (nSPS) is 18.6. The summed E-state index contributed by atoms with van der Waals surface area (Å²) < 4.78 is 26.7. The maximum atomic E-state index is 13.6. The minimum atomic E-state index is -1.19. The highest BCUT2D eigenvalue weighted by Crippen LogP contribution is 2.24. The van der Waals surface area contributed by atoms with Gasteiger partial charge >= 0.3 is 5.97 Å². The quantitative estimate of drug-likeness (QED) is 0.913. The van der Waals surface area contributed by atoms with E-state index in [0.29, 0.717) is 19.4 Å². The van der Waals surface area contributed by atoms with Crippen molar-refractivity contribution < 1.29 is 23.5 Å². The Labute approximate surface area is 108 Å². The van der Waals surface area contributed by atoms with Crippen molar-refractivity contribution in [2.75, 3.05) is 6.54 Å². The third-order valence-electron chi connectivity index (χ3n) is 3.23. The van der Waals surface area contributed by atoms with E-state index in [-0.39, 0.29) is 12.0 Å². The molecule has 1 fully saturated rings. The van der Waals surface area contributed by atoms with E-state index in [1.54, 1.807) is 0 Å². The Kier molecular flexibility index (Phi) is 3.78. The maximum absolute atomic E-state index is 13.6. The second kappa shape index (κ2) is 5.34. The van der Waals surface area contributed by atoms with Crippen LogP contribution in [0.3, 0.4) is 0 Å². The van der Waals surface area contributed by atoms with Crippen molar-refractivity contribution in [3.8, 4) is 0 Å². The fraction of sp³-hybridized carbons (Fsp3) is 0.385. The number of carbonyl (C=O) groups excluding carboxylic acids is 1. The van der Waals surface area contributed by atoms with Gasteiger partial charge in [0.25, 0.3) is 5.91 Å². The van der Waals surface area contributed by atoms with E-state index in [2.05, 4.69) is 0 Å². The van der Waals surface area contributed by atoms with Gasteiger partial charge in [0.2, 0.25) is 0 Å². The van der Waals surface area contributed by atoms with Crippen LogP contribution in [0.5, 0.6) is 0 Å². The summed E-state index contributed by atoms with van der Waals surface area (Å²) in [6, 6.07) is 2.95. The molecule has 1 aliphatic rings. The lowest BCUT2D eigenvalue weighted by Crippen LogP contribution is -2.37. The van der Waals surface area contributed by atoms with Crippen molar-refractivity contribution in [2.24, 2.45) is 0 Å². The number of rotatable bonds is 3. The Bertz CT molecular complexity index is 519. The van der Waals surface area contributed by atoms with Gasteiger partial charge in [-0.25, -0.2) is 8.78 Å². The number of aliphatic carboxylic acids is 1. The Morgan fingerprint density at radius 2 is 2.11 bits per heavy atom. The molecule has 2 rings (SSSR count). The number of carboxylic acid groups (broad SMARTS) is 1. The molecule has 0 saturated carbocycles. The third-order valence-corrected chi connectivity index (χ3v) is 3.23. The first-order valence-corrected chi connectivity index (χ1v) is 5.97. The molecule has 0 aliphatic carbocycles. The Balaban J connectivity index is 2.23. The Morgan fingerprint density at radius 3 is 2.79 bits per heavy atom. The third kappa shape index (κ3) is 2.72. The van der Waals surface area contributed by atoms with Crippen LogP contribution in [0.15, 0.2) is 18.2 Å². The second-order valence-electron chi connectivity index (χ2n) is 4.49. The van der Waals surface area contributed by atoms with E-state index in [1.807, 2.05) is 0 Å². The van der Waals surface area contributed by atoms with Gasteiger partial charge in [-0.05, 0) is 25.0 Å². The van der Waals surface area contributed by atoms with E-state index in [1.165, 1.54) is 17.0 Å². The molecule has 0 bridgehead atoms. The lowest BCUT2D eigenvalue weighted by Gasteiger charge is -2.23. The Hall–Kier alpha value is -1.98. The fourth-order valence-electron chi connectivity index (χ4n) is 2.34. The molecular formula is C13H13F2NO3. The summed E-state index contributed by atoms with van der Waals surface area (Å²) in [6.07, 6.45) is 1.05. The molecule has 1 aliphatic heterocycles. The number of hydrogen-bond acceptors (Lipinski definition) is 2. The molecule has 6 heteroatoms. The first-order valence-electron chi connectivity index (χ1n) is 5.97. The van der Waals surface area contributed by atoms with Crippen LogP contribution in [0.4, 0.5) is 8.78 Å². The number of hydrogen-bond donors (Lipinski definition) is 1. The predicted molar refractivity (Wildman–Crippen MR) is 62.7 cm³/mol. The van der Waals surface area contributed by atoms with Crippen molar-refractivity contribution in [2.45, 2.75) is 25.3 Å². The summed E-state index contributed by atoms with van der Waals surface area (Å²) in [5, 5.41) is 8.77. The molecule has 0 radical (unpaired) electrons. The first-order chi connectivity index (χ1) is 9.00. The number of nitrogens with zero attached hydrogens (tertiary/aromatic N) is 1. The molecule has 1 aromatic carbocycles. The van der Waals surface area contributed by atoms with Crippen LogP contribution in [0, 0.1) is 11.6 Å². The Morgan fingerprint density at radius 1 is 1.37 bits per heavy atom. The molecule has 102 valence electrons. The molecule has 0 aromatic heterocycles. The van der Waals surface area contributed by atoms with Crippen molar-refractivity contribution in [1.82, 2.24) is 4.90 Å². The number of likely N-dealkylation sites (tertiary alicyclic amines) is 1. The van der Waals surface area contributed by atoms with Crippen LogP contribution in [-0.2, 0) is 4.79 Å². The number of halogens is 2. The van der Waals surface area contributed by atoms with Gasteiger partial charge in [-0.1, -0.05) is 6.07 Å². The van der Waals surface area contributed by atoms with Crippen LogP contribution in [0.25, 0.3) is 0 Å². The number of benzene rings is 1. The largest absolute Gasteiger partial charge is 0.481 e. The lowest BCUT2D eigenvalue weighted by atomic mass is 10.1. The zero-order valence-electron chi connectivity index (χ0n) is 10.1. The van der Waals surface area contributed by atoms with E-state index >= 15 is 0 Å². The molecule has 1 aromatic rings. The van der Waals surface area contributed by atoms with Gasteiger partial charge in [-0.2, -0.15) is 0 Å². The minimum absolute atomic E-state index is 0.178. The monoisotopic (exact) mass is 269 g/mol. The van der Waals surface area contributed by atoms with Crippen molar-refractivity contribution in [3.05, 3.63) is 35.4 Å². The van der Waals surface area contributed by atoms with Crippen molar-refractivity contribution in [3.63, 3.8) is 0 Å². The van der Waals surface area contributed by atoms with Crippen molar-refractivity contribution >= 4 is 11.9 Å². The summed E-state index contributed by atoms with van der Waals surface area (Å²) >= 11 is 0. The number of carboxylic acids is 1. The molecule has 1 N–H and O–H groups in total. The molecule has 4 nitrogen and oxygen atoms in total. The van der Waals surface area contributed by atoms with Gasteiger partial charge in [0, 0.05) is 12.6 Å². The second-order valence-corrected chi connectivity index (χ2v) is 4.49. The summed E-state index contributed by atoms with van der Waals surface area (Å²) in [5.74, 6) is -3.93. The highest BCUT2D eigenvalue weighted by molar-refractivity contribution is 5.95. The minimum Gasteiger partial charge on any atom is -0.481 e. The van der Waals surface area contributed by atoms with Crippen molar-refractivity contribution in [1.29, 1.82) is 0 Å². The first kappa shape index (κ1) is 13.5. The topological polar surface area (TPSA) is 57.6 Å². The van der Waals surface area contributed by atoms with E-state index in [4.69, 9.17) is 5.11 Å². The molecule has 0 spiro atoms. The molecule has 1 amide bonds. The van der Waals surface area contributed by atoms with Gasteiger partial charge < -0.3 is 10.0 Å². The van der Waals surface area contributed by atoms with E-state index < -0.39 is 29.6 Å². The highest BCUT2D eigenvalue weighted by atomic mass is 19.2. The summed E-state index contributed by atoms with van der Waals surface area (Å²) in [5.41, 5.74) is -0.350. The lowest BCUT2D eigenvalue weighted by molar-refractivity contribution is -0.137. The van der Waals surface area contributed by atoms with Crippen LogP contribution < -0.4 is 0 Å². The average molecular weight is 269 g/mol. The molecule has 1 atom stereocenters. The van der Waals surface area contributed by atoms with Crippen LogP contribution in [-0.4, -0.2) is 34.5 Å². The zero-order valence-corrected chi connectivity index (χ0v) is 10.1. The molecule has 1 heterocycles. The number of carbonyl (C=O) groups is 2. The maximum Gasteiger partial charge on any atom is 0.305 e. The SMILES string of the molecule is O=C(O)CC1CCCN1C(=O)c1cccc(F)c1F. The van der Waals surface area contributed by atoms with E-state index in [0.717, 1.165) is 6.07 Å². The van der Waals surface area contributed by atoms with Gasteiger partial charge in [0.05, 0.1) is 12.0 Å². The molecule has 1 unspecified atom stereocenters. The van der Waals surface area contributed by atoms with Gasteiger partial charge in [0.1, 0.15) is 0 Å². The number of amides is 1. The van der Waals surface area contributed by atoms with Crippen LogP contribution >= 0.6 is 0 Å². The van der Waals surface area contributed by atoms with Gasteiger partial charge in [-0.15, -0.1) is 0 Å². The summed E-state index contributed by atoms with van der Waals surface area (Å²) in [7, 11) is 0. The molecule has 1 saturated heterocycles. The van der Waals surface area contributed by atoms with Gasteiger partial charge in [0.15, 0.2) is 11.6 Å². The van der Waals surface area contributed by atoms with Gasteiger partial charge in [-0.3, -0.25) is 9.59 Å². The molecular weight excluding hydrogens is 256 g/mol. The summed E-state index contributed by atoms with van der Waals surface area (Å²) in [4.78, 5) is 24.2. The van der Waals surface area contributed by atoms with Crippen LogP contribution in [0.1, 0.15) is 29.6 Å². The standard InChI is InChI=1S/C13H13F2NO3/c14-10-5-1-4-9(12(10)15)13(19)16-6-2-3-8(16)7-11(17)18/h1,4-5,8H,2-3,6-7H2,(H,17,18). The molecule has 19 heavy (non-hydrogen) atoms. The fourth-order valence-corrected chi connectivity index (χ4v) is 2.34. The zero-order chi connectivity index (χ0) is 14.0. The van der Waals surface area contributed by atoms with E-state index in [9.17, 15) is 18.4 Å².